The number of hydrogen-bond donors (Lipinski definition) is 0. The summed E-state index contributed by atoms with van der Waals surface area (Å²) in [6.45, 7) is 4.32. The van der Waals surface area contributed by atoms with Crippen LogP contribution in [0.4, 0.5) is 5.69 Å². The third-order valence-electron chi connectivity index (χ3n) is 6.61. The fourth-order valence-electron chi connectivity index (χ4n) is 4.75. The van der Waals surface area contributed by atoms with Crippen molar-refractivity contribution in [2.24, 2.45) is 4.99 Å². The Labute approximate surface area is 223 Å². The first-order valence-electron chi connectivity index (χ1n) is 12.3. The first kappa shape index (κ1) is 25.4. The van der Waals surface area contributed by atoms with Crippen LogP contribution in [0.2, 0.25) is 5.02 Å². The van der Waals surface area contributed by atoms with E-state index in [1.54, 1.807) is 30.7 Å². The predicted molar refractivity (Wildman–Crippen MR) is 146 cm³/mol. The molecule has 192 valence electrons. The Balaban J connectivity index is 1.57. The first-order chi connectivity index (χ1) is 18.0. The van der Waals surface area contributed by atoms with E-state index < -0.39 is 12.0 Å². The van der Waals surface area contributed by atoms with Crippen LogP contribution in [-0.4, -0.2) is 43.9 Å². The van der Waals surface area contributed by atoms with E-state index in [2.05, 4.69) is 22.0 Å². The van der Waals surface area contributed by atoms with Gasteiger partial charge in [0, 0.05) is 30.9 Å². The van der Waals surface area contributed by atoms with Gasteiger partial charge >= 0.3 is 5.97 Å². The molecule has 1 atom stereocenters. The average molecular weight is 538 g/mol. The maximum absolute atomic E-state index is 13.7. The Morgan fingerprint density at radius 3 is 2.49 bits per heavy atom. The van der Waals surface area contributed by atoms with Crippen LogP contribution in [0.1, 0.15) is 36.9 Å². The molecular weight excluding hydrogens is 510 g/mol. The van der Waals surface area contributed by atoms with Crippen LogP contribution < -0.4 is 19.8 Å². The number of carbonyl (C=O) groups excluding carboxylic acids is 1. The number of rotatable bonds is 7. The van der Waals surface area contributed by atoms with Crippen molar-refractivity contribution in [1.82, 2.24) is 4.57 Å². The summed E-state index contributed by atoms with van der Waals surface area (Å²) in [6, 6.07) is 14.7. The highest BCUT2D eigenvalue weighted by Gasteiger charge is 2.33. The largest absolute Gasteiger partial charge is 0.460 e. The Morgan fingerprint density at radius 1 is 1.11 bits per heavy atom. The number of thiazole rings is 1. The number of nitrogens with zero attached hydrogens (tertiary/aromatic N) is 3. The van der Waals surface area contributed by atoms with Crippen LogP contribution >= 0.6 is 22.9 Å². The number of carbonyl (C=O) groups is 1. The molecule has 2 aliphatic heterocycles. The van der Waals surface area contributed by atoms with Crippen molar-refractivity contribution in [3.63, 3.8) is 0 Å². The van der Waals surface area contributed by atoms with E-state index in [0.717, 1.165) is 24.2 Å². The molecule has 0 radical (unpaired) electrons. The van der Waals surface area contributed by atoms with Crippen molar-refractivity contribution in [2.75, 3.05) is 38.3 Å². The zero-order valence-corrected chi connectivity index (χ0v) is 22.3. The molecule has 2 aromatic carbocycles. The number of anilines is 1. The van der Waals surface area contributed by atoms with E-state index in [4.69, 9.17) is 21.1 Å². The molecule has 0 spiro atoms. The van der Waals surface area contributed by atoms with Crippen molar-refractivity contribution >= 4 is 40.7 Å². The minimum absolute atomic E-state index is 0.108. The molecular formula is C28H28ClN3O4S. The van der Waals surface area contributed by atoms with E-state index in [9.17, 15) is 9.59 Å². The molecule has 1 fully saturated rings. The molecule has 3 heterocycles. The zero-order valence-electron chi connectivity index (χ0n) is 20.8. The van der Waals surface area contributed by atoms with Gasteiger partial charge in [0.15, 0.2) is 4.80 Å². The Kier molecular flexibility index (Phi) is 7.60. The number of fused-ring (bicyclic) bond motifs is 1. The lowest BCUT2D eigenvalue weighted by Crippen LogP contribution is -2.40. The third-order valence-corrected chi connectivity index (χ3v) is 7.84. The molecule has 5 rings (SSSR count). The molecule has 37 heavy (non-hydrogen) atoms. The van der Waals surface area contributed by atoms with E-state index in [1.165, 1.54) is 29.9 Å². The quantitative estimate of drug-likeness (QED) is 0.339. The van der Waals surface area contributed by atoms with Crippen LogP contribution in [0.3, 0.4) is 0 Å². The second kappa shape index (κ2) is 11.0. The van der Waals surface area contributed by atoms with Crippen LogP contribution in [0.5, 0.6) is 0 Å². The summed E-state index contributed by atoms with van der Waals surface area (Å²) in [5.41, 5.74) is 3.52. The SMILES string of the molecule is COCCOC(=O)C1=C(C)N=c2sc(=Cc3ccc(N4CCCC4)cc3)c(=O)n2C1c1ccc(Cl)cc1. The Morgan fingerprint density at radius 2 is 1.81 bits per heavy atom. The number of allylic oxidation sites excluding steroid dienone is 1. The molecule has 2 aliphatic rings. The van der Waals surface area contributed by atoms with E-state index in [1.807, 2.05) is 30.3 Å². The van der Waals surface area contributed by atoms with Crippen molar-refractivity contribution in [3.05, 3.63) is 95.6 Å². The Hall–Kier alpha value is -3.20. The average Bonchev–Trinajstić information content (AvgIpc) is 3.53. The van der Waals surface area contributed by atoms with Gasteiger partial charge in [-0.3, -0.25) is 9.36 Å². The highest BCUT2D eigenvalue weighted by Crippen LogP contribution is 2.31. The number of esters is 1. The summed E-state index contributed by atoms with van der Waals surface area (Å²) >= 11 is 7.44. The lowest BCUT2D eigenvalue weighted by atomic mass is 9.96. The van der Waals surface area contributed by atoms with Gasteiger partial charge in [-0.25, -0.2) is 9.79 Å². The van der Waals surface area contributed by atoms with Crippen molar-refractivity contribution in [3.8, 4) is 0 Å². The van der Waals surface area contributed by atoms with Gasteiger partial charge in [-0.2, -0.15) is 0 Å². The van der Waals surface area contributed by atoms with E-state index >= 15 is 0 Å². The minimum Gasteiger partial charge on any atom is -0.460 e. The monoisotopic (exact) mass is 537 g/mol. The lowest BCUT2D eigenvalue weighted by molar-refractivity contribution is -0.140. The van der Waals surface area contributed by atoms with Gasteiger partial charge in [0.05, 0.1) is 28.5 Å². The van der Waals surface area contributed by atoms with Gasteiger partial charge in [-0.15, -0.1) is 0 Å². The molecule has 1 unspecified atom stereocenters. The molecule has 0 saturated carbocycles. The zero-order chi connectivity index (χ0) is 25.9. The number of ether oxygens (including phenoxy) is 2. The molecule has 3 aromatic rings. The summed E-state index contributed by atoms with van der Waals surface area (Å²) in [7, 11) is 1.54. The highest BCUT2D eigenvalue weighted by molar-refractivity contribution is 7.07. The maximum Gasteiger partial charge on any atom is 0.338 e. The molecule has 0 bridgehead atoms. The standard InChI is InChI=1S/C28H28ClN3O4S/c1-18-24(27(34)36-16-15-35-2)25(20-7-9-21(29)10-8-20)32-26(33)23(37-28(32)30-18)17-19-5-11-22(12-6-19)31-13-3-4-14-31/h5-12,17,25H,3-4,13-16H2,1-2H3. The summed E-state index contributed by atoms with van der Waals surface area (Å²) in [5.74, 6) is -0.523. The molecule has 0 amide bonds. The molecule has 1 aromatic heterocycles. The molecule has 0 N–H and O–H groups in total. The number of halogens is 1. The molecule has 1 saturated heterocycles. The topological polar surface area (TPSA) is 73.1 Å². The lowest BCUT2D eigenvalue weighted by Gasteiger charge is -2.24. The third kappa shape index (κ3) is 5.28. The molecule has 0 aliphatic carbocycles. The summed E-state index contributed by atoms with van der Waals surface area (Å²) in [6.07, 6.45) is 4.32. The van der Waals surface area contributed by atoms with Crippen molar-refractivity contribution < 1.29 is 14.3 Å². The smallest absolute Gasteiger partial charge is 0.338 e. The van der Waals surface area contributed by atoms with E-state index in [-0.39, 0.29) is 18.8 Å². The number of methoxy groups -OCH3 is 1. The van der Waals surface area contributed by atoms with Gasteiger partial charge < -0.3 is 14.4 Å². The maximum atomic E-state index is 13.7. The molecule has 7 nitrogen and oxygen atoms in total. The van der Waals surface area contributed by atoms with Gasteiger partial charge in [-0.1, -0.05) is 47.2 Å². The van der Waals surface area contributed by atoms with Crippen LogP contribution in [0.25, 0.3) is 6.08 Å². The predicted octanol–water partition coefficient (Wildman–Crippen LogP) is 3.68. The fraction of sp³-hybridized carbons (Fsp3) is 0.321. The first-order valence-corrected chi connectivity index (χ1v) is 13.4. The second-order valence-electron chi connectivity index (χ2n) is 9.05. The van der Waals surface area contributed by atoms with Crippen molar-refractivity contribution in [1.29, 1.82) is 0 Å². The fourth-order valence-corrected chi connectivity index (χ4v) is 5.92. The summed E-state index contributed by atoms with van der Waals surface area (Å²) in [5, 5.41) is 0.568. The second-order valence-corrected chi connectivity index (χ2v) is 10.5. The number of hydrogen-bond acceptors (Lipinski definition) is 7. The van der Waals surface area contributed by atoms with E-state index in [0.29, 0.717) is 25.6 Å². The van der Waals surface area contributed by atoms with Crippen LogP contribution in [0, 0.1) is 0 Å². The number of benzene rings is 2. The summed E-state index contributed by atoms with van der Waals surface area (Å²) < 4.78 is 12.6. The number of aromatic nitrogens is 1. The van der Waals surface area contributed by atoms with Gasteiger partial charge in [0.25, 0.3) is 5.56 Å². The summed E-state index contributed by atoms with van der Waals surface area (Å²) in [4.78, 5) is 34.4. The van der Waals surface area contributed by atoms with Crippen LogP contribution in [0.15, 0.2) is 69.6 Å². The highest BCUT2D eigenvalue weighted by atomic mass is 35.5. The molecule has 9 heteroatoms. The van der Waals surface area contributed by atoms with Gasteiger partial charge in [0.1, 0.15) is 6.61 Å². The van der Waals surface area contributed by atoms with Crippen molar-refractivity contribution in [2.45, 2.75) is 25.8 Å². The van der Waals surface area contributed by atoms with Crippen LogP contribution in [-0.2, 0) is 14.3 Å². The minimum atomic E-state index is -0.678. The normalized spacial score (nSPS) is 17.6. The van der Waals surface area contributed by atoms with Gasteiger partial charge in [-0.05, 0) is 61.2 Å². The van der Waals surface area contributed by atoms with Gasteiger partial charge in [0.2, 0.25) is 0 Å². The Bertz CT molecular complexity index is 1500.